The van der Waals surface area contributed by atoms with Crippen molar-refractivity contribution in [3.63, 3.8) is 0 Å². The molecule has 5 nitrogen and oxygen atoms in total. The Labute approximate surface area is 197 Å². The van der Waals surface area contributed by atoms with Crippen LogP contribution in [0.3, 0.4) is 0 Å². The molecule has 0 fully saturated rings. The van der Waals surface area contributed by atoms with Gasteiger partial charge in [0.2, 0.25) is 5.91 Å². The lowest BCUT2D eigenvalue weighted by Crippen LogP contribution is -2.30. The van der Waals surface area contributed by atoms with Crippen LogP contribution in [0.5, 0.6) is 0 Å². The number of anilines is 2. The third-order valence-electron chi connectivity index (χ3n) is 5.83. The molecule has 1 aliphatic rings. The van der Waals surface area contributed by atoms with E-state index in [1.165, 1.54) is 29.0 Å². The van der Waals surface area contributed by atoms with E-state index >= 15 is 0 Å². The molecule has 0 saturated carbocycles. The number of nitrogens with one attached hydrogen (secondary N) is 3. The zero-order valence-electron chi connectivity index (χ0n) is 18.6. The lowest BCUT2D eigenvalue weighted by molar-refractivity contribution is -0.115. The molecule has 0 aliphatic heterocycles. The summed E-state index contributed by atoms with van der Waals surface area (Å²) in [5.41, 5.74) is 2.77. The van der Waals surface area contributed by atoms with Crippen molar-refractivity contribution >= 4 is 33.8 Å². The Hall–Kier alpha value is -3.03. The summed E-state index contributed by atoms with van der Waals surface area (Å²) < 4.78 is 14.1. The van der Waals surface area contributed by atoms with Crippen LogP contribution in [0.4, 0.5) is 15.1 Å². The number of hydrogen-bond acceptors (Lipinski definition) is 4. The molecule has 3 aromatic rings. The molecule has 2 amide bonds. The lowest BCUT2D eigenvalue weighted by Gasteiger charge is -2.18. The number of rotatable bonds is 8. The Morgan fingerprint density at radius 2 is 1.82 bits per heavy atom. The molecule has 1 atom stereocenters. The van der Waals surface area contributed by atoms with Crippen molar-refractivity contribution in [2.45, 2.75) is 32.6 Å². The molecule has 2 aromatic carbocycles. The largest absolute Gasteiger partial charge is 0.319 e. The Bertz CT molecular complexity index is 1130. The maximum Gasteiger partial charge on any atom is 0.259 e. The van der Waals surface area contributed by atoms with Gasteiger partial charge in [0.1, 0.15) is 10.8 Å². The third-order valence-corrected chi connectivity index (χ3v) is 7.00. The van der Waals surface area contributed by atoms with Gasteiger partial charge < -0.3 is 16.0 Å². The Morgan fingerprint density at radius 1 is 1.06 bits per heavy atom. The highest BCUT2D eigenvalue weighted by atomic mass is 32.1. The van der Waals surface area contributed by atoms with Crippen LogP contribution in [0.15, 0.2) is 54.6 Å². The van der Waals surface area contributed by atoms with Crippen LogP contribution >= 0.6 is 11.3 Å². The van der Waals surface area contributed by atoms with Gasteiger partial charge in [0.05, 0.1) is 17.8 Å². The predicted molar refractivity (Wildman–Crippen MR) is 132 cm³/mol. The summed E-state index contributed by atoms with van der Waals surface area (Å²) in [6, 6.07) is 16.2. The number of carbonyl (C=O) groups excluding carboxylic acids is 2. The third kappa shape index (κ3) is 5.86. The van der Waals surface area contributed by atoms with Crippen molar-refractivity contribution in [1.29, 1.82) is 0 Å². The monoisotopic (exact) mass is 465 g/mol. The quantitative estimate of drug-likeness (QED) is 0.409. The molecular formula is C26H28FN3O2S. The summed E-state index contributed by atoms with van der Waals surface area (Å²) in [7, 11) is 0. The molecule has 172 valence electrons. The van der Waals surface area contributed by atoms with Crippen LogP contribution in [0, 0.1) is 11.7 Å². The summed E-state index contributed by atoms with van der Waals surface area (Å²) in [5, 5.41) is 9.31. The van der Waals surface area contributed by atoms with E-state index in [4.69, 9.17) is 0 Å². The van der Waals surface area contributed by atoms with Crippen LogP contribution in [0.2, 0.25) is 0 Å². The number of thiophene rings is 1. The highest BCUT2D eigenvalue weighted by Crippen LogP contribution is 2.40. The fourth-order valence-electron chi connectivity index (χ4n) is 4.08. The summed E-state index contributed by atoms with van der Waals surface area (Å²) in [4.78, 5) is 26.9. The topological polar surface area (TPSA) is 70.2 Å². The van der Waals surface area contributed by atoms with Gasteiger partial charge >= 0.3 is 0 Å². The van der Waals surface area contributed by atoms with E-state index in [2.05, 4.69) is 35.0 Å². The number of benzene rings is 2. The SMILES string of the molecule is C[C@H]1CCc2c(sc(NC(=O)CNCCc3ccccc3)c2C(=O)Nc2ccccc2F)C1. The summed E-state index contributed by atoms with van der Waals surface area (Å²) in [6.45, 7) is 3.02. The van der Waals surface area contributed by atoms with Gasteiger partial charge in [-0.05, 0) is 61.4 Å². The fraction of sp³-hybridized carbons (Fsp3) is 0.308. The molecule has 4 rings (SSSR count). The summed E-state index contributed by atoms with van der Waals surface area (Å²) >= 11 is 1.46. The van der Waals surface area contributed by atoms with Gasteiger partial charge in [-0.1, -0.05) is 49.4 Å². The Kier molecular flexibility index (Phi) is 7.52. The molecule has 0 radical (unpaired) electrons. The maximum atomic E-state index is 14.1. The summed E-state index contributed by atoms with van der Waals surface area (Å²) in [6.07, 6.45) is 3.47. The van der Waals surface area contributed by atoms with E-state index in [9.17, 15) is 14.0 Å². The van der Waals surface area contributed by atoms with E-state index in [1.807, 2.05) is 18.2 Å². The van der Waals surface area contributed by atoms with Crippen LogP contribution in [-0.4, -0.2) is 24.9 Å². The lowest BCUT2D eigenvalue weighted by atomic mass is 9.88. The number of hydrogen-bond donors (Lipinski definition) is 3. The van der Waals surface area contributed by atoms with E-state index in [0.717, 1.165) is 36.1 Å². The standard InChI is InChI=1S/C26H28FN3O2S/c1-17-11-12-19-22(15-17)33-26(24(19)25(32)29-21-10-6-5-9-20(21)27)30-23(31)16-28-14-13-18-7-3-2-4-8-18/h2-10,17,28H,11-16H2,1H3,(H,29,32)(H,30,31)/t17-/m0/s1. The average molecular weight is 466 g/mol. The van der Waals surface area contributed by atoms with Gasteiger partial charge in [-0.15, -0.1) is 11.3 Å². The summed E-state index contributed by atoms with van der Waals surface area (Å²) in [5.74, 6) is -0.548. The highest BCUT2D eigenvalue weighted by Gasteiger charge is 2.28. The number of carbonyl (C=O) groups is 2. The van der Waals surface area contributed by atoms with Crippen molar-refractivity contribution in [3.8, 4) is 0 Å². The van der Waals surface area contributed by atoms with E-state index in [0.29, 0.717) is 23.0 Å². The van der Waals surface area contributed by atoms with E-state index < -0.39 is 5.82 Å². The number of para-hydroxylation sites is 1. The van der Waals surface area contributed by atoms with Gasteiger partial charge in [0, 0.05) is 4.88 Å². The molecule has 0 spiro atoms. The molecule has 1 aliphatic carbocycles. The first-order valence-corrected chi connectivity index (χ1v) is 12.1. The van der Waals surface area contributed by atoms with Gasteiger partial charge in [0.25, 0.3) is 5.91 Å². The minimum atomic E-state index is -0.489. The van der Waals surface area contributed by atoms with Gasteiger partial charge in [-0.3, -0.25) is 9.59 Å². The predicted octanol–water partition coefficient (Wildman–Crippen LogP) is 5.04. The van der Waals surface area contributed by atoms with Crippen molar-refractivity contribution in [2.24, 2.45) is 5.92 Å². The Balaban J connectivity index is 1.44. The number of fused-ring (bicyclic) bond motifs is 1. The first-order chi connectivity index (χ1) is 16.0. The normalized spacial score (nSPS) is 15.0. The molecule has 0 bridgehead atoms. The zero-order chi connectivity index (χ0) is 23.2. The highest BCUT2D eigenvalue weighted by molar-refractivity contribution is 7.17. The number of amides is 2. The second kappa shape index (κ2) is 10.7. The minimum Gasteiger partial charge on any atom is -0.319 e. The zero-order valence-corrected chi connectivity index (χ0v) is 19.4. The fourth-order valence-corrected chi connectivity index (χ4v) is 5.50. The first-order valence-electron chi connectivity index (χ1n) is 11.3. The van der Waals surface area contributed by atoms with Crippen molar-refractivity contribution in [1.82, 2.24) is 5.32 Å². The molecule has 3 N–H and O–H groups in total. The average Bonchev–Trinajstić information content (AvgIpc) is 3.15. The first kappa shape index (κ1) is 23.1. The minimum absolute atomic E-state index is 0.131. The van der Waals surface area contributed by atoms with Gasteiger partial charge in [-0.2, -0.15) is 0 Å². The van der Waals surface area contributed by atoms with Gasteiger partial charge in [-0.25, -0.2) is 4.39 Å². The second-order valence-corrected chi connectivity index (χ2v) is 9.56. The molecule has 0 saturated heterocycles. The van der Waals surface area contributed by atoms with Gasteiger partial charge in [0.15, 0.2) is 0 Å². The molecule has 0 unspecified atom stereocenters. The van der Waals surface area contributed by atoms with E-state index in [-0.39, 0.29) is 24.0 Å². The van der Waals surface area contributed by atoms with Crippen LogP contribution in [0.25, 0.3) is 0 Å². The number of halogens is 1. The molecule has 1 aromatic heterocycles. The smallest absolute Gasteiger partial charge is 0.259 e. The molecular weight excluding hydrogens is 437 g/mol. The maximum absolute atomic E-state index is 14.1. The van der Waals surface area contributed by atoms with Crippen molar-refractivity contribution in [2.75, 3.05) is 23.7 Å². The van der Waals surface area contributed by atoms with Crippen molar-refractivity contribution < 1.29 is 14.0 Å². The van der Waals surface area contributed by atoms with Crippen LogP contribution < -0.4 is 16.0 Å². The second-order valence-electron chi connectivity index (χ2n) is 8.45. The van der Waals surface area contributed by atoms with Crippen LogP contribution in [0.1, 0.15) is 39.7 Å². The molecule has 7 heteroatoms. The van der Waals surface area contributed by atoms with Crippen LogP contribution in [-0.2, 0) is 24.1 Å². The molecule has 1 heterocycles. The van der Waals surface area contributed by atoms with E-state index in [1.54, 1.807) is 12.1 Å². The Morgan fingerprint density at radius 3 is 2.61 bits per heavy atom. The molecule has 33 heavy (non-hydrogen) atoms. The van der Waals surface area contributed by atoms with Crippen molar-refractivity contribution in [3.05, 3.63) is 82.0 Å².